The fraction of sp³-hybridized carbons (Fsp3) is 0.107. The van der Waals surface area contributed by atoms with Gasteiger partial charge in [0.1, 0.15) is 11.2 Å². The van der Waals surface area contributed by atoms with Crippen LogP contribution in [0.4, 0.5) is 17.1 Å². The van der Waals surface area contributed by atoms with Gasteiger partial charge in [0, 0.05) is 71.1 Å². The highest BCUT2D eigenvalue weighted by molar-refractivity contribution is 8.00. The van der Waals surface area contributed by atoms with E-state index < -0.39 is 0 Å². The van der Waals surface area contributed by atoms with Crippen LogP contribution in [0.2, 0.25) is 0 Å². The highest BCUT2D eigenvalue weighted by Gasteiger charge is 2.44. The highest BCUT2D eigenvalue weighted by atomic mass is 32.2. The summed E-state index contributed by atoms with van der Waals surface area (Å²) in [5.41, 5.74) is 20.3. The van der Waals surface area contributed by atoms with Crippen molar-refractivity contribution in [1.82, 2.24) is 9.13 Å². The van der Waals surface area contributed by atoms with Crippen LogP contribution in [0.3, 0.4) is 0 Å². The Hall–Kier alpha value is -9.48. The van der Waals surface area contributed by atoms with Gasteiger partial charge >= 0.3 is 0 Å². The largest absolute Gasteiger partial charge is 0.455 e. The monoisotopic (exact) mass is 1070 g/mol. The molecular weight excluding hydrogens is 1020 g/mol. The van der Waals surface area contributed by atoms with Crippen molar-refractivity contribution in [2.45, 2.75) is 62.2 Å². The van der Waals surface area contributed by atoms with Crippen LogP contribution in [0.15, 0.2) is 239 Å². The maximum atomic E-state index is 10.3. The minimum Gasteiger partial charge on any atom is -0.455 e. The fourth-order valence-electron chi connectivity index (χ4n) is 13.3. The second-order valence-electron chi connectivity index (χ2n) is 24.1. The number of furan rings is 1. The van der Waals surface area contributed by atoms with Crippen molar-refractivity contribution in [3.63, 3.8) is 0 Å². The number of nitrogens with zero attached hydrogens (tertiary/aromatic N) is 4. The van der Waals surface area contributed by atoms with Crippen molar-refractivity contribution in [1.29, 1.82) is 5.26 Å². The van der Waals surface area contributed by atoms with Gasteiger partial charge in [0.2, 0.25) is 6.71 Å². The number of fused-ring (bicyclic) bond motifs is 14. The van der Waals surface area contributed by atoms with Gasteiger partial charge in [-0.05, 0) is 123 Å². The Balaban J connectivity index is 1.07. The summed E-state index contributed by atoms with van der Waals surface area (Å²) in [6.45, 7) is 13.4. The molecule has 5 nitrogen and oxygen atoms in total. The van der Waals surface area contributed by atoms with E-state index in [0.29, 0.717) is 21.9 Å². The Morgan fingerprint density at radius 1 is 0.500 bits per heavy atom. The van der Waals surface area contributed by atoms with Gasteiger partial charge in [0.05, 0.1) is 49.8 Å². The van der Waals surface area contributed by atoms with E-state index in [0.717, 1.165) is 110 Å². The first kappa shape index (κ1) is 44.3. The third kappa shape index (κ3) is 7.20. The van der Waals surface area contributed by atoms with Crippen molar-refractivity contribution in [2.24, 2.45) is 0 Å². The Kier molecular flexibility index (Phi) is 9.59. The van der Waals surface area contributed by atoms with E-state index in [9.17, 15) is 6.63 Å². The number of benzene rings is 11. The Bertz CT molecular complexity index is 5190. The molecule has 5 heterocycles. The molecule has 16 rings (SSSR count). The lowest BCUT2D eigenvalue weighted by Gasteiger charge is -2.42. The second-order valence-corrected chi connectivity index (χ2v) is 25.1. The quantitative estimate of drug-likeness (QED) is 0.161. The lowest BCUT2D eigenvalue weighted by Crippen LogP contribution is -2.60. The Labute approximate surface area is 487 Å². The fourth-order valence-corrected chi connectivity index (χ4v) is 14.6. The van der Waals surface area contributed by atoms with Crippen LogP contribution in [-0.4, -0.2) is 15.8 Å². The zero-order valence-corrected chi connectivity index (χ0v) is 47.1. The lowest BCUT2D eigenvalue weighted by atomic mass is 9.35. The van der Waals surface area contributed by atoms with Gasteiger partial charge in [0.15, 0.2) is 0 Å². The van der Waals surface area contributed by atoms with E-state index in [1.165, 1.54) is 21.9 Å². The van der Waals surface area contributed by atoms with Crippen molar-refractivity contribution >= 4 is 117 Å². The van der Waals surface area contributed by atoms with Gasteiger partial charge in [-0.2, -0.15) is 5.26 Å². The molecule has 0 fully saturated rings. The van der Waals surface area contributed by atoms with Crippen LogP contribution in [0.25, 0.3) is 99.2 Å². The van der Waals surface area contributed by atoms with E-state index in [-0.39, 0.29) is 47.3 Å². The summed E-state index contributed by atoms with van der Waals surface area (Å²) in [6, 6.07) is 73.9. The molecule has 0 amide bonds. The van der Waals surface area contributed by atoms with Crippen LogP contribution < -0.4 is 21.3 Å². The third-order valence-corrected chi connectivity index (χ3v) is 18.4. The maximum absolute atomic E-state index is 10.3. The van der Waals surface area contributed by atoms with Crippen molar-refractivity contribution in [3.8, 4) is 39.7 Å². The number of hydrogen-bond donors (Lipinski definition) is 0. The van der Waals surface area contributed by atoms with Gasteiger partial charge in [-0.25, -0.2) is 0 Å². The van der Waals surface area contributed by atoms with Crippen LogP contribution in [0, 0.1) is 11.3 Å². The SMILES string of the molecule is [2H]c1c([2H])c([2H])c2c(oc3c4c(ccc32)B2c3ccc(-n5c6ccc(C(C)(C)C)cc6c6cc(C(C)(C)C)ccc65)cc3N(c3c(-c5ccccc5)cccc3-c3ccccc3)c3cc(-n5c6ccccc6c6cc(C#N)ccc65)cc(c32)S4)c1[2H]. The summed E-state index contributed by atoms with van der Waals surface area (Å²) in [5.74, 6) is 0. The van der Waals surface area contributed by atoms with Crippen molar-refractivity contribution in [2.75, 3.05) is 4.90 Å². The maximum Gasteiger partial charge on any atom is 0.249 e. The summed E-state index contributed by atoms with van der Waals surface area (Å²) in [5, 5.41) is 15.7. The molecule has 0 unspecified atom stereocenters. The number of nitriles is 1. The molecule has 7 heteroatoms. The van der Waals surface area contributed by atoms with Gasteiger partial charge < -0.3 is 18.5 Å². The van der Waals surface area contributed by atoms with Crippen LogP contribution in [-0.2, 0) is 10.8 Å². The molecular formula is C75H55BN4OS. The Morgan fingerprint density at radius 2 is 1.09 bits per heavy atom. The molecule has 2 aliphatic heterocycles. The molecule has 0 atom stereocenters. The summed E-state index contributed by atoms with van der Waals surface area (Å²) < 4.78 is 47.4. The minimum atomic E-state index is -0.338. The van der Waals surface area contributed by atoms with Gasteiger partial charge in [-0.1, -0.05) is 204 Å². The highest BCUT2D eigenvalue weighted by Crippen LogP contribution is 2.52. The third-order valence-electron chi connectivity index (χ3n) is 17.2. The molecule has 14 aromatic rings. The minimum absolute atomic E-state index is 0.0757. The molecule has 0 aliphatic carbocycles. The topological polar surface area (TPSA) is 50.0 Å². The van der Waals surface area contributed by atoms with E-state index in [1.54, 1.807) is 11.8 Å². The van der Waals surface area contributed by atoms with E-state index >= 15 is 0 Å². The first-order valence-corrected chi connectivity index (χ1v) is 28.9. The van der Waals surface area contributed by atoms with Crippen LogP contribution >= 0.6 is 11.8 Å². The van der Waals surface area contributed by atoms with Crippen molar-refractivity contribution < 1.29 is 9.90 Å². The van der Waals surface area contributed by atoms with E-state index in [4.69, 9.17) is 8.53 Å². The molecule has 82 heavy (non-hydrogen) atoms. The molecule has 0 bridgehead atoms. The van der Waals surface area contributed by atoms with E-state index in [2.05, 4.69) is 244 Å². The molecule has 0 N–H and O–H groups in total. The average Bonchev–Trinajstić information content (AvgIpc) is 1.01. The standard InChI is InChI=1S/C75H55BN4OS/c1-74(2,3)48-29-36-64-58(39-48)59-40-49(75(4,5)6)30-37-65(59)78(64)50-31-33-60-66(41-50)80(71-52(46-18-9-7-10-19-46)24-17-25-53(71)47-20-11-8-12-21-47)67-42-51(79-62-26-15-13-22-54(62)57-38-45(44-77)28-35-63(57)79)43-69-70(67)76(60)61-34-32-56-55-23-14-16-27-68(55)81-72(56)73(61)82-69/h7-43H,1-6H3/i14D,16D,23D,27D. The number of hydrogen-bond acceptors (Lipinski definition) is 4. The molecule has 0 saturated carbocycles. The average molecular weight is 1080 g/mol. The number of aromatic nitrogens is 2. The second kappa shape index (κ2) is 17.8. The first-order chi connectivity index (χ1) is 41.5. The van der Waals surface area contributed by atoms with Crippen LogP contribution in [0.1, 0.15) is 63.7 Å². The molecule has 11 aromatic carbocycles. The first-order valence-electron chi connectivity index (χ1n) is 30.1. The summed E-state index contributed by atoms with van der Waals surface area (Å²) in [7, 11) is 0. The van der Waals surface area contributed by atoms with Crippen LogP contribution in [0.5, 0.6) is 0 Å². The molecule has 3 aromatic heterocycles. The summed E-state index contributed by atoms with van der Waals surface area (Å²) in [4.78, 5) is 4.41. The summed E-state index contributed by atoms with van der Waals surface area (Å²) >= 11 is 1.63. The van der Waals surface area contributed by atoms with Gasteiger partial charge in [-0.3, -0.25) is 0 Å². The molecule has 0 radical (unpaired) electrons. The molecule has 0 spiro atoms. The summed E-state index contributed by atoms with van der Waals surface area (Å²) in [6.07, 6.45) is 0. The predicted octanol–water partition coefficient (Wildman–Crippen LogP) is 18.3. The molecule has 390 valence electrons. The number of para-hydroxylation sites is 3. The van der Waals surface area contributed by atoms with Crippen molar-refractivity contribution in [3.05, 3.63) is 241 Å². The van der Waals surface area contributed by atoms with Gasteiger partial charge in [-0.15, -0.1) is 0 Å². The van der Waals surface area contributed by atoms with Gasteiger partial charge in [0.25, 0.3) is 0 Å². The number of rotatable bonds is 5. The smallest absolute Gasteiger partial charge is 0.249 e. The van der Waals surface area contributed by atoms with E-state index in [1.807, 2.05) is 18.2 Å². The zero-order valence-electron chi connectivity index (χ0n) is 50.2. The Morgan fingerprint density at radius 3 is 1.76 bits per heavy atom. The lowest BCUT2D eigenvalue weighted by molar-refractivity contribution is 0.590. The zero-order chi connectivity index (χ0) is 58.8. The number of anilines is 3. The molecule has 2 aliphatic rings. The molecule has 0 saturated heterocycles. The normalized spacial score (nSPS) is 13.8. The predicted molar refractivity (Wildman–Crippen MR) is 345 cm³/mol.